The first-order valence-electron chi connectivity index (χ1n) is 3.38. The molecule has 0 heterocycles. The average Bonchev–Trinajstić information content (AvgIpc) is 1.94. The van der Waals surface area contributed by atoms with Gasteiger partial charge >= 0.3 is 0 Å². The lowest BCUT2D eigenvalue weighted by molar-refractivity contribution is 0.463. The summed E-state index contributed by atoms with van der Waals surface area (Å²) in [5.41, 5.74) is 6.32. The summed E-state index contributed by atoms with van der Waals surface area (Å²) in [5.74, 6) is 0.234. The van der Waals surface area contributed by atoms with E-state index < -0.39 is 0 Å². The second-order valence-corrected chi connectivity index (χ2v) is 3.05. The van der Waals surface area contributed by atoms with Crippen molar-refractivity contribution in [3.63, 3.8) is 0 Å². The topological polar surface area (TPSA) is 46.2 Å². The molecule has 0 saturated heterocycles. The van der Waals surface area contributed by atoms with E-state index in [4.69, 9.17) is 5.73 Å². The van der Waals surface area contributed by atoms with E-state index in [0.29, 0.717) is 0 Å². The van der Waals surface area contributed by atoms with E-state index in [1.807, 2.05) is 6.92 Å². The van der Waals surface area contributed by atoms with Crippen molar-refractivity contribution in [1.82, 2.24) is 0 Å². The molecule has 60 valence electrons. The lowest BCUT2D eigenvalue weighted by atomic mass is 10.1. The van der Waals surface area contributed by atoms with E-state index in [-0.39, 0.29) is 11.8 Å². The van der Waals surface area contributed by atoms with Gasteiger partial charge in [0.2, 0.25) is 0 Å². The first kappa shape index (κ1) is 8.43. The molecule has 0 radical (unpaired) electrons. The van der Waals surface area contributed by atoms with Crippen molar-refractivity contribution in [2.75, 3.05) is 0 Å². The van der Waals surface area contributed by atoms with Crippen LogP contribution in [0.5, 0.6) is 5.75 Å². The van der Waals surface area contributed by atoms with Crippen LogP contribution in [0.15, 0.2) is 23.1 Å². The van der Waals surface area contributed by atoms with Crippen molar-refractivity contribution in [1.29, 1.82) is 0 Å². The van der Waals surface area contributed by atoms with Gasteiger partial charge in [-0.2, -0.15) is 0 Å². The molecular formula is C8H11NOS. The number of benzene rings is 1. The zero-order valence-electron chi connectivity index (χ0n) is 6.28. The Bertz CT molecular complexity index is 260. The van der Waals surface area contributed by atoms with Crippen LogP contribution in [0, 0.1) is 0 Å². The third kappa shape index (κ3) is 1.88. The van der Waals surface area contributed by atoms with E-state index in [1.54, 1.807) is 18.2 Å². The molecule has 1 aromatic rings. The van der Waals surface area contributed by atoms with Gasteiger partial charge in [-0.25, -0.2) is 0 Å². The van der Waals surface area contributed by atoms with Gasteiger partial charge in [-0.05, 0) is 25.1 Å². The number of rotatable bonds is 1. The molecule has 0 saturated carbocycles. The summed E-state index contributed by atoms with van der Waals surface area (Å²) in [6.45, 7) is 1.82. The van der Waals surface area contributed by atoms with Crippen LogP contribution in [-0.4, -0.2) is 5.11 Å². The molecule has 1 aromatic carbocycles. The number of phenolic OH excluding ortho intramolecular Hbond substituents is 1. The first-order valence-corrected chi connectivity index (χ1v) is 3.83. The Balaban J connectivity index is 3.13. The Hall–Kier alpha value is -0.670. The summed E-state index contributed by atoms with van der Waals surface area (Å²) in [7, 11) is 0. The largest absolute Gasteiger partial charge is 0.508 e. The highest BCUT2D eigenvalue weighted by molar-refractivity contribution is 7.80. The molecule has 3 heteroatoms. The van der Waals surface area contributed by atoms with Crippen molar-refractivity contribution in [2.24, 2.45) is 5.73 Å². The molecule has 1 atom stereocenters. The maximum atomic E-state index is 9.29. The normalized spacial score (nSPS) is 13.0. The quantitative estimate of drug-likeness (QED) is 0.560. The summed E-state index contributed by atoms with van der Waals surface area (Å²) in [4.78, 5) is 0.815. The SMILES string of the molecule is C[C@H](N)c1cc(S)ccc1O. The molecule has 0 amide bonds. The molecule has 1 rings (SSSR count). The molecule has 3 N–H and O–H groups in total. The second kappa shape index (κ2) is 3.15. The summed E-state index contributed by atoms with van der Waals surface area (Å²) < 4.78 is 0. The Morgan fingerprint density at radius 1 is 1.55 bits per heavy atom. The molecule has 0 unspecified atom stereocenters. The predicted molar refractivity (Wildman–Crippen MR) is 48.0 cm³/mol. The lowest BCUT2D eigenvalue weighted by Gasteiger charge is -2.07. The zero-order valence-corrected chi connectivity index (χ0v) is 7.18. The van der Waals surface area contributed by atoms with E-state index in [2.05, 4.69) is 12.6 Å². The highest BCUT2D eigenvalue weighted by atomic mass is 32.1. The van der Waals surface area contributed by atoms with Crippen LogP contribution in [0.1, 0.15) is 18.5 Å². The molecule has 0 aliphatic heterocycles. The third-order valence-corrected chi connectivity index (χ3v) is 1.78. The molecule has 0 fully saturated rings. The smallest absolute Gasteiger partial charge is 0.120 e. The van der Waals surface area contributed by atoms with Gasteiger partial charge in [-0.15, -0.1) is 12.6 Å². The van der Waals surface area contributed by atoms with Gasteiger partial charge < -0.3 is 10.8 Å². The molecule has 0 aliphatic rings. The highest BCUT2D eigenvalue weighted by Crippen LogP contribution is 2.24. The Morgan fingerprint density at radius 2 is 2.18 bits per heavy atom. The standard InChI is InChI=1S/C8H11NOS/c1-5(9)7-4-6(11)2-3-8(7)10/h2-5,10-11H,9H2,1H3/t5-/m0/s1. The number of hydrogen-bond acceptors (Lipinski definition) is 3. The molecule has 11 heavy (non-hydrogen) atoms. The summed E-state index contributed by atoms with van der Waals surface area (Å²) in [6.07, 6.45) is 0. The van der Waals surface area contributed by atoms with Gasteiger partial charge in [-0.1, -0.05) is 0 Å². The maximum Gasteiger partial charge on any atom is 0.120 e. The maximum absolute atomic E-state index is 9.29. The number of nitrogens with two attached hydrogens (primary N) is 1. The van der Waals surface area contributed by atoms with Crippen molar-refractivity contribution in [2.45, 2.75) is 17.9 Å². The highest BCUT2D eigenvalue weighted by Gasteiger charge is 2.04. The summed E-state index contributed by atoms with van der Waals surface area (Å²) in [5, 5.41) is 9.29. The molecule has 2 nitrogen and oxygen atoms in total. The molecule has 0 aromatic heterocycles. The van der Waals surface area contributed by atoms with Crippen LogP contribution < -0.4 is 5.73 Å². The monoisotopic (exact) mass is 169 g/mol. The van der Waals surface area contributed by atoms with Crippen LogP contribution in [0.2, 0.25) is 0 Å². The second-order valence-electron chi connectivity index (χ2n) is 2.53. The minimum absolute atomic E-state index is 0.151. The van der Waals surface area contributed by atoms with E-state index in [0.717, 1.165) is 10.5 Å². The molecule has 0 aliphatic carbocycles. The van der Waals surface area contributed by atoms with Gasteiger partial charge in [0.15, 0.2) is 0 Å². The van der Waals surface area contributed by atoms with Crippen molar-refractivity contribution in [3.8, 4) is 5.75 Å². The van der Waals surface area contributed by atoms with Crippen LogP contribution in [0.25, 0.3) is 0 Å². The van der Waals surface area contributed by atoms with Gasteiger partial charge in [0.1, 0.15) is 5.75 Å². The van der Waals surface area contributed by atoms with E-state index in [1.165, 1.54) is 0 Å². The van der Waals surface area contributed by atoms with Gasteiger partial charge in [-0.3, -0.25) is 0 Å². The van der Waals surface area contributed by atoms with Crippen LogP contribution in [0.4, 0.5) is 0 Å². The molecule has 0 bridgehead atoms. The van der Waals surface area contributed by atoms with Gasteiger partial charge in [0, 0.05) is 16.5 Å². The van der Waals surface area contributed by atoms with Crippen molar-refractivity contribution >= 4 is 12.6 Å². The fraction of sp³-hybridized carbons (Fsp3) is 0.250. The number of aromatic hydroxyl groups is 1. The van der Waals surface area contributed by atoms with Crippen molar-refractivity contribution < 1.29 is 5.11 Å². The third-order valence-electron chi connectivity index (χ3n) is 1.50. The van der Waals surface area contributed by atoms with Gasteiger partial charge in [0.05, 0.1) is 0 Å². The fourth-order valence-electron chi connectivity index (χ4n) is 0.907. The van der Waals surface area contributed by atoms with Crippen molar-refractivity contribution in [3.05, 3.63) is 23.8 Å². The van der Waals surface area contributed by atoms with E-state index >= 15 is 0 Å². The summed E-state index contributed by atoms with van der Waals surface area (Å²) >= 11 is 4.13. The van der Waals surface area contributed by atoms with E-state index in [9.17, 15) is 5.11 Å². The number of phenols is 1. The number of hydrogen-bond donors (Lipinski definition) is 3. The Kier molecular flexibility index (Phi) is 2.42. The van der Waals surface area contributed by atoms with Crippen LogP contribution in [0.3, 0.4) is 0 Å². The number of thiol groups is 1. The molecular weight excluding hydrogens is 158 g/mol. The van der Waals surface area contributed by atoms with Crippen LogP contribution >= 0.6 is 12.6 Å². The zero-order chi connectivity index (χ0) is 8.43. The Labute approximate surface area is 71.5 Å². The minimum atomic E-state index is -0.151. The lowest BCUT2D eigenvalue weighted by Crippen LogP contribution is -2.04. The predicted octanol–water partition coefficient (Wildman–Crippen LogP) is 1.70. The van der Waals surface area contributed by atoms with Crippen LogP contribution in [-0.2, 0) is 0 Å². The van der Waals surface area contributed by atoms with Gasteiger partial charge in [0.25, 0.3) is 0 Å². The average molecular weight is 169 g/mol. The summed E-state index contributed by atoms with van der Waals surface area (Å²) in [6, 6.07) is 4.94. The molecule has 0 spiro atoms. The first-order chi connectivity index (χ1) is 5.11. The Morgan fingerprint density at radius 3 is 2.64 bits per heavy atom. The minimum Gasteiger partial charge on any atom is -0.508 e. The fourth-order valence-corrected chi connectivity index (χ4v) is 1.12.